The molecule has 0 atom stereocenters. The van der Waals surface area contributed by atoms with E-state index >= 15 is 0 Å². The van der Waals surface area contributed by atoms with E-state index in [1.807, 2.05) is 6.07 Å². The van der Waals surface area contributed by atoms with E-state index in [-0.39, 0.29) is 11.5 Å². The molecule has 1 saturated heterocycles. The average Bonchev–Trinajstić information content (AvgIpc) is 2.67. The van der Waals surface area contributed by atoms with E-state index in [0.29, 0.717) is 10.8 Å². The SMILES string of the molecule is Fc1ccccc1N1NC2(CCCCC2)NC1=S. The zero-order chi connectivity index (χ0) is 12.6. The number of para-hydroxylation sites is 1. The summed E-state index contributed by atoms with van der Waals surface area (Å²) in [7, 11) is 0. The van der Waals surface area contributed by atoms with E-state index in [2.05, 4.69) is 10.7 Å². The number of nitrogens with one attached hydrogen (secondary N) is 2. The molecule has 1 saturated carbocycles. The molecule has 1 aliphatic heterocycles. The van der Waals surface area contributed by atoms with Gasteiger partial charge in [-0.15, -0.1) is 0 Å². The van der Waals surface area contributed by atoms with Crippen LogP contribution in [0.1, 0.15) is 32.1 Å². The molecule has 2 fully saturated rings. The Morgan fingerprint density at radius 1 is 1.17 bits per heavy atom. The van der Waals surface area contributed by atoms with Crippen molar-refractivity contribution < 1.29 is 4.39 Å². The molecule has 1 aromatic rings. The standard InChI is InChI=1S/C13H16FN3S/c14-10-6-2-3-7-11(10)17-12(18)15-13(16-17)8-4-1-5-9-13/h2-3,6-7,16H,1,4-5,8-9H2,(H,15,18). The van der Waals surface area contributed by atoms with Crippen molar-refractivity contribution in [2.75, 3.05) is 5.01 Å². The van der Waals surface area contributed by atoms with Crippen molar-refractivity contribution >= 4 is 23.0 Å². The van der Waals surface area contributed by atoms with Gasteiger partial charge in [0.05, 0.1) is 5.69 Å². The van der Waals surface area contributed by atoms with Crippen LogP contribution < -0.4 is 15.8 Å². The molecule has 0 aromatic heterocycles. The highest BCUT2D eigenvalue weighted by Crippen LogP contribution is 2.31. The quantitative estimate of drug-likeness (QED) is 0.763. The number of anilines is 1. The van der Waals surface area contributed by atoms with E-state index < -0.39 is 0 Å². The molecule has 3 nitrogen and oxygen atoms in total. The first-order chi connectivity index (χ1) is 8.70. The molecule has 3 rings (SSSR count). The topological polar surface area (TPSA) is 27.3 Å². The van der Waals surface area contributed by atoms with E-state index in [0.717, 1.165) is 12.8 Å². The molecule has 1 spiro atoms. The predicted octanol–water partition coefficient (Wildman–Crippen LogP) is 2.69. The largest absolute Gasteiger partial charge is 0.342 e. The fourth-order valence-corrected chi connectivity index (χ4v) is 3.09. The van der Waals surface area contributed by atoms with Crippen molar-refractivity contribution in [2.24, 2.45) is 0 Å². The maximum Gasteiger partial charge on any atom is 0.189 e. The summed E-state index contributed by atoms with van der Waals surface area (Å²) in [4.78, 5) is 0. The third-order valence-electron chi connectivity index (χ3n) is 3.68. The molecule has 18 heavy (non-hydrogen) atoms. The van der Waals surface area contributed by atoms with Crippen molar-refractivity contribution in [3.05, 3.63) is 30.1 Å². The Hall–Kier alpha value is -1.20. The number of benzene rings is 1. The molecule has 1 aliphatic carbocycles. The first-order valence-corrected chi connectivity index (χ1v) is 6.76. The molecule has 2 aliphatic rings. The summed E-state index contributed by atoms with van der Waals surface area (Å²) in [5.41, 5.74) is 3.67. The fraction of sp³-hybridized carbons (Fsp3) is 0.462. The van der Waals surface area contributed by atoms with Gasteiger partial charge < -0.3 is 5.32 Å². The lowest BCUT2D eigenvalue weighted by Crippen LogP contribution is -2.52. The monoisotopic (exact) mass is 265 g/mol. The van der Waals surface area contributed by atoms with Crippen LogP contribution >= 0.6 is 12.2 Å². The summed E-state index contributed by atoms with van der Waals surface area (Å²) < 4.78 is 13.8. The molecule has 0 radical (unpaired) electrons. The van der Waals surface area contributed by atoms with Crippen molar-refractivity contribution in [3.63, 3.8) is 0 Å². The van der Waals surface area contributed by atoms with Gasteiger partial charge in [-0.2, -0.15) is 0 Å². The minimum absolute atomic E-state index is 0.169. The van der Waals surface area contributed by atoms with Gasteiger partial charge in [0.25, 0.3) is 0 Å². The smallest absolute Gasteiger partial charge is 0.189 e. The van der Waals surface area contributed by atoms with Crippen molar-refractivity contribution in [3.8, 4) is 0 Å². The summed E-state index contributed by atoms with van der Waals surface area (Å²) in [6, 6.07) is 6.68. The lowest BCUT2D eigenvalue weighted by atomic mass is 9.90. The molecule has 0 amide bonds. The maximum absolute atomic E-state index is 13.8. The van der Waals surface area contributed by atoms with Gasteiger partial charge in [-0.1, -0.05) is 18.6 Å². The van der Waals surface area contributed by atoms with Crippen LogP contribution in [0.25, 0.3) is 0 Å². The maximum atomic E-state index is 13.8. The zero-order valence-corrected chi connectivity index (χ0v) is 10.9. The third-order valence-corrected chi connectivity index (χ3v) is 3.96. The molecule has 5 heteroatoms. The van der Waals surface area contributed by atoms with Crippen LogP contribution in [0.3, 0.4) is 0 Å². The number of halogens is 1. The second-order valence-corrected chi connectivity index (χ2v) is 5.36. The van der Waals surface area contributed by atoms with Crippen LogP contribution in [0.4, 0.5) is 10.1 Å². The Morgan fingerprint density at radius 2 is 1.89 bits per heavy atom. The van der Waals surface area contributed by atoms with Crippen LogP contribution in [0.5, 0.6) is 0 Å². The van der Waals surface area contributed by atoms with Gasteiger partial charge in [0, 0.05) is 0 Å². The molecule has 0 bridgehead atoms. The first-order valence-electron chi connectivity index (χ1n) is 6.35. The Balaban J connectivity index is 1.87. The van der Waals surface area contributed by atoms with Gasteiger partial charge in [0.2, 0.25) is 0 Å². The number of nitrogens with zero attached hydrogens (tertiary/aromatic N) is 1. The average molecular weight is 265 g/mol. The van der Waals surface area contributed by atoms with Crippen molar-refractivity contribution in [2.45, 2.75) is 37.8 Å². The number of thiocarbonyl (C=S) groups is 1. The molecule has 1 aromatic carbocycles. The van der Waals surface area contributed by atoms with Crippen LogP contribution in [0.2, 0.25) is 0 Å². The van der Waals surface area contributed by atoms with Crippen molar-refractivity contribution in [1.82, 2.24) is 10.7 Å². The van der Waals surface area contributed by atoms with Crippen molar-refractivity contribution in [1.29, 1.82) is 0 Å². The van der Waals surface area contributed by atoms with E-state index in [9.17, 15) is 4.39 Å². The highest BCUT2D eigenvalue weighted by molar-refractivity contribution is 7.80. The first kappa shape index (κ1) is 11.9. The van der Waals surface area contributed by atoms with Crippen LogP contribution in [-0.4, -0.2) is 10.8 Å². The second-order valence-electron chi connectivity index (χ2n) is 4.97. The third kappa shape index (κ3) is 1.97. The summed E-state index contributed by atoms with van der Waals surface area (Å²) in [5.74, 6) is -0.262. The molecule has 2 N–H and O–H groups in total. The Morgan fingerprint density at radius 3 is 2.61 bits per heavy atom. The molecule has 1 heterocycles. The van der Waals surface area contributed by atoms with Gasteiger partial charge >= 0.3 is 0 Å². The highest BCUT2D eigenvalue weighted by atomic mass is 32.1. The number of hydrazine groups is 1. The fourth-order valence-electron chi connectivity index (χ4n) is 2.75. The number of rotatable bonds is 1. The molecule has 0 unspecified atom stereocenters. The van der Waals surface area contributed by atoms with Gasteiger partial charge in [0.1, 0.15) is 11.5 Å². The van der Waals surface area contributed by atoms with Crippen LogP contribution in [-0.2, 0) is 0 Å². The minimum Gasteiger partial charge on any atom is -0.342 e. The lowest BCUT2D eigenvalue weighted by molar-refractivity contribution is 0.238. The molecule has 96 valence electrons. The van der Waals surface area contributed by atoms with E-state index in [4.69, 9.17) is 12.2 Å². The lowest BCUT2D eigenvalue weighted by Gasteiger charge is -2.33. The number of hydrogen-bond acceptors (Lipinski definition) is 2. The van der Waals surface area contributed by atoms with Gasteiger partial charge in [-0.05, 0) is 50.0 Å². The second kappa shape index (κ2) is 4.48. The van der Waals surface area contributed by atoms with E-state index in [1.165, 1.54) is 25.3 Å². The normalized spacial score (nSPS) is 22.3. The van der Waals surface area contributed by atoms with Crippen LogP contribution in [0.15, 0.2) is 24.3 Å². The summed E-state index contributed by atoms with van der Waals surface area (Å²) in [6.45, 7) is 0. The highest BCUT2D eigenvalue weighted by Gasteiger charge is 2.41. The Labute approximate surface area is 111 Å². The molecular weight excluding hydrogens is 249 g/mol. The predicted molar refractivity (Wildman–Crippen MR) is 73.6 cm³/mol. The van der Waals surface area contributed by atoms with E-state index in [1.54, 1.807) is 17.1 Å². The summed E-state index contributed by atoms with van der Waals surface area (Å²) in [6.07, 6.45) is 5.66. The zero-order valence-electron chi connectivity index (χ0n) is 10.1. The molecular formula is C13H16FN3S. The van der Waals surface area contributed by atoms with Gasteiger partial charge in [-0.3, -0.25) is 0 Å². The number of hydrogen-bond donors (Lipinski definition) is 2. The summed E-state index contributed by atoms with van der Waals surface area (Å²) in [5, 5.41) is 5.54. The van der Waals surface area contributed by atoms with Gasteiger partial charge in [-0.25, -0.2) is 14.8 Å². The van der Waals surface area contributed by atoms with Gasteiger partial charge in [0.15, 0.2) is 5.11 Å². The minimum atomic E-state index is -0.262. The Kier molecular flexibility index (Phi) is 2.95. The Bertz CT molecular complexity index is 471. The van der Waals surface area contributed by atoms with Crippen LogP contribution in [0, 0.1) is 5.82 Å². The summed E-state index contributed by atoms with van der Waals surface area (Å²) >= 11 is 5.32.